The summed E-state index contributed by atoms with van der Waals surface area (Å²) in [6.45, 7) is 11.2. The molecule has 0 amide bonds. The molecule has 1 unspecified atom stereocenters. The van der Waals surface area contributed by atoms with Gasteiger partial charge in [0.1, 0.15) is 11.4 Å². The zero-order chi connectivity index (χ0) is 24.4. The fourth-order valence-corrected chi connectivity index (χ4v) is 4.84. The van der Waals surface area contributed by atoms with E-state index >= 15 is 0 Å². The van der Waals surface area contributed by atoms with E-state index in [0.29, 0.717) is 17.9 Å². The van der Waals surface area contributed by atoms with Gasteiger partial charge in [0, 0.05) is 17.8 Å². The van der Waals surface area contributed by atoms with E-state index in [9.17, 15) is 0 Å². The molecule has 4 aromatic rings. The van der Waals surface area contributed by atoms with Gasteiger partial charge in [-0.15, -0.1) is 0 Å². The number of likely N-dealkylation sites (tertiary alicyclic amines) is 1. The van der Waals surface area contributed by atoms with Crippen LogP contribution in [0.3, 0.4) is 0 Å². The molecular formula is C29H35N5O. The molecule has 1 fully saturated rings. The number of benzene rings is 2. The lowest BCUT2D eigenvalue weighted by Gasteiger charge is -2.32. The lowest BCUT2D eigenvalue weighted by Crippen LogP contribution is -2.32. The Morgan fingerprint density at radius 2 is 1.80 bits per heavy atom. The van der Waals surface area contributed by atoms with E-state index in [1.54, 1.807) is 6.20 Å². The van der Waals surface area contributed by atoms with E-state index in [2.05, 4.69) is 72.1 Å². The van der Waals surface area contributed by atoms with Gasteiger partial charge in [0.15, 0.2) is 0 Å². The number of anilines is 2. The van der Waals surface area contributed by atoms with Crippen molar-refractivity contribution in [3.05, 3.63) is 71.9 Å². The molecule has 5 rings (SSSR count). The van der Waals surface area contributed by atoms with Crippen LogP contribution in [0.25, 0.3) is 11.0 Å². The van der Waals surface area contributed by atoms with Gasteiger partial charge in [0.25, 0.3) is 0 Å². The largest absolute Gasteiger partial charge is 0.437 e. The van der Waals surface area contributed by atoms with Crippen molar-refractivity contribution in [2.75, 3.05) is 18.4 Å². The summed E-state index contributed by atoms with van der Waals surface area (Å²) < 4.78 is 6.31. The third kappa shape index (κ3) is 5.17. The number of hydrogen-bond acceptors (Lipinski definition) is 5. The van der Waals surface area contributed by atoms with E-state index in [-0.39, 0.29) is 5.41 Å². The molecule has 1 aliphatic rings. The molecule has 0 saturated carbocycles. The third-order valence-electron chi connectivity index (χ3n) is 6.85. The quantitative estimate of drug-likeness (QED) is 0.309. The van der Waals surface area contributed by atoms with E-state index < -0.39 is 0 Å². The van der Waals surface area contributed by atoms with Gasteiger partial charge in [0.2, 0.25) is 11.8 Å². The van der Waals surface area contributed by atoms with Gasteiger partial charge in [0.05, 0.1) is 11.0 Å². The van der Waals surface area contributed by atoms with E-state index in [1.165, 1.54) is 37.9 Å². The minimum Gasteiger partial charge on any atom is -0.437 e. The number of nitrogens with one attached hydrogen (secondary N) is 2. The molecule has 1 atom stereocenters. The van der Waals surface area contributed by atoms with Crippen LogP contribution in [0, 0.1) is 0 Å². The van der Waals surface area contributed by atoms with Crippen molar-refractivity contribution in [3.8, 4) is 11.6 Å². The Balaban J connectivity index is 1.38. The van der Waals surface area contributed by atoms with Crippen molar-refractivity contribution in [2.24, 2.45) is 0 Å². The van der Waals surface area contributed by atoms with Gasteiger partial charge in [-0.3, -0.25) is 4.90 Å². The van der Waals surface area contributed by atoms with Crippen LogP contribution in [0.1, 0.15) is 64.1 Å². The second kappa shape index (κ2) is 9.70. The van der Waals surface area contributed by atoms with Crippen molar-refractivity contribution < 1.29 is 4.74 Å². The lowest BCUT2D eigenvalue weighted by molar-refractivity contribution is 0.175. The molecule has 35 heavy (non-hydrogen) atoms. The average Bonchev–Trinajstić information content (AvgIpc) is 3.26. The first-order chi connectivity index (χ1) is 16.9. The predicted octanol–water partition coefficient (Wildman–Crippen LogP) is 7.34. The summed E-state index contributed by atoms with van der Waals surface area (Å²) in [7, 11) is 0. The molecule has 1 aliphatic heterocycles. The van der Waals surface area contributed by atoms with Gasteiger partial charge >= 0.3 is 0 Å². The monoisotopic (exact) mass is 469 g/mol. The zero-order valence-corrected chi connectivity index (χ0v) is 21.1. The van der Waals surface area contributed by atoms with Crippen LogP contribution in [-0.2, 0) is 5.41 Å². The van der Waals surface area contributed by atoms with Crippen LogP contribution in [0.2, 0.25) is 0 Å². The van der Waals surface area contributed by atoms with Gasteiger partial charge in [-0.05, 0) is 74.2 Å². The number of piperidine rings is 1. The summed E-state index contributed by atoms with van der Waals surface area (Å²) in [5, 5.41) is 3.39. The van der Waals surface area contributed by atoms with Crippen LogP contribution in [-0.4, -0.2) is 32.9 Å². The number of fused-ring (bicyclic) bond motifs is 1. The number of imidazole rings is 1. The lowest BCUT2D eigenvalue weighted by atomic mass is 9.86. The van der Waals surface area contributed by atoms with Crippen molar-refractivity contribution in [3.63, 3.8) is 0 Å². The van der Waals surface area contributed by atoms with Crippen LogP contribution in [0.4, 0.5) is 11.6 Å². The Labute approximate surface area is 207 Å². The molecule has 2 N–H and O–H groups in total. The molecule has 0 radical (unpaired) electrons. The Kier molecular flexibility index (Phi) is 6.48. The van der Waals surface area contributed by atoms with Gasteiger partial charge in [-0.25, -0.2) is 9.97 Å². The van der Waals surface area contributed by atoms with Gasteiger partial charge in [-0.2, -0.15) is 0 Å². The summed E-state index contributed by atoms with van der Waals surface area (Å²) in [5.41, 5.74) is 5.14. The van der Waals surface area contributed by atoms with Crippen LogP contribution in [0.5, 0.6) is 11.6 Å². The van der Waals surface area contributed by atoms with Crippen LogP contribution < -0.4 is 10.1 Å². The maximum absolute atomic E-state index is 6.31. The number of H-pyrrole nitrogens is 1. The van der Waals surface area contributed by atoms with Crippen LogP contribution in [0.15, 0.2) is 60.8 Å². The number of nitrogens with zero attached hydrogens (tertiary/aromatic N) is 3. The smallest absolute Gasteiger partial charge is 0.243 e. The maximum atomic E-state index is 6.31. The first kappa shape index (κ1) is 23.4. The molecular weight excluding hydrogens is 434 g/mol. The predicted molar refractivity (Wildman–Crippen MR) is 143 cm³/mol. The Hall–Kier alpha value is -3.38. The molecule has 6 nitrogen and oxygen atoms in total. The summed E-state index contributed by atoms with van der Waals surface area (Å²) in [5.74, 6) is 2.00. The minimum atomic E-state index is -0.0409. The number of aromatic nitrogens is 3. The second-order valence-corrected chi connectivity index (χ2v) is 10.5. The highest BCUT2D eigenvalue weighted by molar-refractivity contribution is 5.79. The van der Waals surface area contributed by atoms with Crippen molar-refractivity contribution >= 4 is 22.7 Å². The number of para-hydroxylation sites is 1. The molecule has 2 aromatic heterocycles. The highest BCUT2D eigenvalue weighted by Gasteiger charge is 2.21. The van der Waals surface area contributed by atoms with E-state index in [0.717, 1.165) is 28.0 Å². The molecule has 2 aromatic carbocycles. The highest BCUT2D eigenvalue weighted by Crippen LogP contribution is 2.36. The first-order valence-electron chi connectivity index (χ1n) is 12.6. The highest BCUT2D eigenvalue weighted by atomic mass is 16.5. The topological polar surface area (TPSA) is 66.1 Å². The maximum Gasteiger partial charge on any atom is 0.243 e. The summed E-state index contributed by atoms with van der Waals surface area (Å²) >= 11 is 0. The van der Waals surface area contributed by atoms with Crippen molar-refractivity contribution in [2.45, 2.75) is 58.4 Å². The van der Waals surface area contributed by atoms with Crippen molar-refractivity contribution in [1.82, 2.24) is 19.9 Å². The first-order valence-corrected chi connectivity index (χ1v) is 12.6. The minimum absolute atomic E-state index is 0.0409. The summed E-state index contributed by atoms with van der Waals surface area (Å²) in [6.07, 6.45) is 5.67. The number of rotatable bonds is 6. The SMILES string of the molecule is CC(c1ccc2nc(Nc3cccnc3Oc3ccccc3C(C)(C)C)[nH]c2c1)N1CCCCC1. The second-order valence-electron chi connectivity index (χ2n) is 10.5. The summed E-state index contributed by atoms with van der Waals surface area (Å²) in [6, 6.07) is 18.9. The number of pyridine rings is 1. The van der Waals surface area contributed by atoms with Crippen molar-refractivity contribution in [1.29, 1.82) is 0 Å². The molecule has 0 aliphatic carbocycles. The number of hydrogen-bond donors (Lipinski definition) is 2. The molecule has 3 heterocycles. The molecule has 182 valence electrons. The van der Waals surface area contributed by atoms with Gasteiger partial charge < -0.3 is 15.0 Å². The van der Waals surface area contributed by atoms with Crippen LogP contribution >= 0.6 is 0 Å². The summed E-state index contributed by atoms with van der Waals surface area (Å²) in [4.78, 5) is 15.3. The fourth-order valence-electron chi connectivity index (χ4n) is 4.84. The number of ether oxygens (including phenoxy) is 1. The molecule has 1 saturated heterocycles. The molecule has 0 bridgehead atoms. The van der Waals surface area contributed by atoms with E-state index in [4.69, 9.17) is 9.72 Å². The normalized spacial score (nSPS) is 15.8. The van der Waals surface area contributed by atoms with Gasteiger partial charge in [-0.1, -0.05) is 51.5 Å². The fraction of sp³-hybridized carbons (Fsp3) is 0.379. The molecule has 0 spiro atoms. The number of aromatic amines is 1. The Bertz CT molecular complexity index is 1300. The molecule has 6 heteroatoms. The Morgan fingerprint density at radius 1 is 1.00 bits per heavy atom. The zero-order valence-electron chi connectivity index (χ0n) is 21.1. The average molecular weight is 470 g/mol. The Morgan fingerprint density at radius 3 is 2.60 bits per heavy atom. The van der Waals surface area contributed by atoms with E-state index in [1.807, 2.05) is 30.3 Å². The standard InChI is InChI=1S/C29H35N5O/c1-20(34-17-8-5-9-18-34)21-14-15-23-25(19-21)33-28(31-23)32-24-12-10-16-30-27(24)35-26-13-7-6-11-22(26)29(2,3)4/h6-7,10-16,19-20H,5,8-9,17-18H2,1-4H3,(H2,31,32,33). The third-order valence-corrected chi connectivity index (χ3v) is 6.85.